The first-order valence-electron chi connectivity index (χ1n) is 14.5. The lowest BCUT2D eigenvalue weighted by atomic mass is 9.70. The van der Waals surface area contributed by atoms with Crippen molar-refractivity contribution < 1.29 is 17.9 Å². The lowest BCUT2D eigenvalue weighted by molar-refractivity contribution is 0.00510. The molecule has 0 bridgehead atoms. The van der Waals surface area contributed by atoms with E-state index >= 15 is 0 Å². The quantitative estimate of drug-likeness (QED) is 0.321. The molecule has 216 valence electrons. The van der Waals surface area contributed by atoms with Gasteiger partial charge in [-0.2, -0.15) is 0 Å². The molecular weight excluding hydrogens is 537 g/mol. The average Bonchev–Trinajstić information content (AvgIpc) is 3.32. The van der Waals surface area contributed by atoms with Gasteiger partial charge in [0.25, 0.3) is 10.0 Å². The van der Waals surface area contributed by atoms with Crippen molar-refractivity contribution in [3.8, 4) is 0 Å². The number of aliphatic hydroxyl groups excluding tert-OH is 1. The molecule has 2 aliphatic rings. The van der Waals surface area contributed by atoms with E-state index in [1.165, 1.54) is 10.0 Å². The molecule has 1 aliphatic heterocycles. The van der Waals surface area contributed by atoms with Crippen molar-refractivity contribution in [2.45, 2.75) is 55.2 Å². The van der Waals surface area contributed by atoms with E-state index in [1.807, 2.05) is 36.4 Å². The SMILES string of the molecule is CN(C)C1(c2cccc(F)c2)CCC(C(O)CN2CCc3c(c4ccccc4n3S(=O)(=O)c3ccccc3)C2)CC1. The molecule has 1 N–H and O–H groups in total. The van der Waals surface area contributed by atoms with Crippen molar-refractivity contribution in [3.63, 3.8) is 0 Å². The zero-order chi connectivity index (χ0) is 28.8. The van der Waals surface area contributed by atoms with Crippen molar-refractivity contribution in [3.05, 3.63) is 102 Å². The number of para-hydroxylation sites is 1. The molecule has 3 aromatic carbocycles. The fourth-order valence-electron chi connectivity index (χ4n) is 7.14. The summed E-state index contributed by atoms with van der Waals surface area (Å²) in [4.78, 5) is 4.75. The zero-order valence-electron chi connectivity index (χ0n) is 23.7. The van der Waals surface area contributed by atoms with E-state index < -0.39 is 16.1 Å². The van der Waals surface area contributed by atoms with Crippen molar-refractivity contribution in [2.75, 3.05) is 27.2 Å². The Bertz CT molecular complexity index is 1640. The maximum Gasteiger partial charge on any atom is 0.268 e. The smallest absolute Gasteiger partial charge is 0.268 e. The summed E-state index contributed by atoms with van der Waals surface area (Å²) >= 11 is 0. The van der Waals surface area contributed by atoms with Crippen molar-refractivity contribution in [1.82, 2.24) is 13.8 Å². The van der Waals surface area contributed by atoms with Gasteiger partial charge in [0.2, 0.25) is 0 Å². The van der Waals surface area contributed by atoms with E-state index in [4.69, 9.17) is 0 Å². The van der Waals surface area contributed by atoms with Crippen LogP contribution >= 0.6 is 0 Å². The molecule has 41 heavy (non-hydrogen) atoms. The van der Waals surface area contributed by atoms with Gasteiger partial charge >= 0.3 is 0 Å². The largest absolute Gasteiger partial charge is 0.392 e. The Morgan fingerprint density at radius 2 is 1.71 bits per heavy atom. The Hall–Kier alpha value is -3.04. The molecule has 4 aromatic rings. The highest BCUT2D eigenvalue weighted by Crippen LogP contribution is 2.44. The van der Waals surface area contributed by atoms with Gasteiger partial charge in [-0.15, -0.1) is 0 Å². The molecule has 1 aromatic heterocycles. The number of aromatic nitrogens is 1. The summed E-state index contributed by atoms with van der Waals surface area (Å²) in [7, 11) is 0.370. The minimum absolute atomic E-state index is 0.165. The second kappa shape index (κ2) is 11.0. The van der Waals surface area contributed by atoms with Gasteiger partial charge in [0.1, 0.15) is 5.82 Å². The molecular formula is C33H38FN3O3S. The Morgan fingerprint density at radius 1 is 1.00 bits per heavy atom. The summed E-state index contributed by atoms with van der Waals surface area (Å²) in [5.41, 5.74) is 3.34. The van der Waals surface area contributed by atoms with Crippen LogP contribution in [-0.4, -0.2) is 60.6 Å². The van der Waals surface area contributed by atoms with Crippen LogP contribution < -0.4 is 0 Å². The number of β-amino-alcohol motifs (C(OH)–C–C–N with tert-alkyl or cyclic N) is 1. The fourth-order valence-corrected chi connectivity index (χ4v) is 8.76. The van der Waals surface area contributed by atoms with Gasteiger partial charge in [0.05, 0.1) is 16.5 Å². The molecule has 1 fully saturated rings. The maximum atomic E-state index is 14.1. The van der Waals surface area contributed by atoms with Gasteiger partial charge in [-0.1, -0.05) is 48.5 Å². The average molecular weight is 576 g/mol. The van der Waals surface area contributed by atoms with Gasteiger partial charge < -0.3 is 5.11 Å². The summed E-state index contributed by atoms with van der Waals surface area (Å²) in [6.45, 7) is 1.83. The van der Waals surface area contributed by atoms with Gasteiger partial charge in [-0.25, -0.2) is 16.8 Å². The van der Waals surface area contributed by atoms with Crippen LogP contribution in [0.5, 0.6) is 0 Å². The second-order valence-corrected chi connectivity index (χ2v) is 13.6. The number of fused-ring (bicyclic) bond motifs is 3. The molecule has 0 amide bonds. The van der Waals surface area contributed by atoms with E-state index in [1.54, 1.807) is 36.4 Å². The minimum atomic E-state index is -3.74. The molecule has 0 radical (unpaired) electrons. The van der Waals surface area contributed by atoms with Crippen LogP contribution in [0, 0.1) is 11.7 Å². The number of benzene rings is 3. The first-order valence-corrected chi connectivity index (χ1v) is 15.9. The summed E-state index contributed by atoms with van der Waals surface area (Å²) < 4.78 is 43.1. The van der Waals surface area contributed by atoms with Crippen LogP contribution in [0.2, 0.25) is 0 Å². The number of hydrogen-bond donors (Lipinski definition) is 1. The highest BCUT2D eigenvalue weighted by molar-refractivity contribution is 7.90. The predicted octanol–water partition coefficient (Wildman–Crippen LogP) is 5.38. The lowest BCUT2D eigenvalue weighted by Crippen LogP contribution is -2.47. The fraction of sp³-hybridized carbons (Fsp3) is 0.394. The number of nitrogens with zero attached hydrogens (tertiary/aromatic N) is 3. The van der Waals surface area contributed by atoms with Gasteiger partial charge in [-0.05, 0) is 87.2 Å². The summed E-state index contributed by atoms with van der Waals surface area (Å²) in [5.74, 6) is -0.0499. The first kappa shape index (κ1) is 28.1. The lowest BCUT2D eigenvalue weighted by Gasteiger charge is -2.46. The third-order valence-electron chi connectivity index (χ3n) is 9.43. The molecule has 1 atom stereocenters. The highest BCUT2D eigenvalue weighted by atomic mass is 32.2. The van der Waals surface area contributed by atoms with Crippen LogP contribution in [0.4, 0.5) is 4.39 Å². The Labute approximate surface area is 242 Å². The van der Waals surface area contributed by atoms with Gasteiger partial charge in [0.15, 0.2) is 0 Å². The van der Waals surface area contributed by atoms with Crippen molar-refractivity contribution in [2.24, 2.45) is 5.92 Å². The van der Waals surface area contributed by atoms with Crippen LogP contribution in [0.15, 0.2) is 83.8 Å². The standard InChI is InChI=1S/C33H38FN3O3S/c1-35(2)33(25-9-8-10-26(34)21-25)18-15-24(16-19-33)32(38)23-36-20-17-31-29(22-36)28-13-6-7-14-30(28)37(31)41(39,40)27-11-4-3-5-12-27/h3-14,21,24,32,38H,15-20,22-23H2,1-2H3. The number of hydrogen-bond acceptors (Lipinski definition) is 5. The minimum Gasteiger partial charge on any atom is -0.392 e. The summed E-state index contributed by atoms with van der Waals surface area (Å²) in [5, 5.41) is 12.3. The normalized spacial score (nSPS) is 22.6. The molecule has 1 saturated carbocycles. The van der Waals surface area contributed by atoms with Crippen LogP contribution in [0.25, 0.3) is 10.9 Å². The van der Waals surface area contributed by atoms with E-state index in [0.29, 0.717) is 31.6 Å². The molecule has 0 spiro atoms. The molecule has 8 heteroatoms. The monoisotopic (exact) mass is 575 g/mol. The number of halogens is 1. The third kappa shape index (κ3) is 5.01. The van der Waals surface area contributed by atoms with Crippen LogP contribution in [0.3, 0.4) is 0 Å². The number of rotatable bonds is 7. The van der Waals surface area contributed by atoms with Crippen molar-refractivity contribution in [1.29, 1.82) is 0 Å². The molecule has 1 aliphatic carbocycles. The van der Waals surface area contributed by atoms with Crippen molar-refractivity contribution >= 4 is 20.9 Å². The molecule has 1 unspecified atom stereocenters. The zero-order valence-corrected chi connectivity index (χ0v) is 24.5. The van der Waals surface area contributed by atoms with Gasteiger partial charge in [-0.3, -0.25) is 9.80 Å². The van der Waals surface area contributed by atoms with E-state index in [0.717, 1.165) is 47.9 Å². The highest BCUT2D eigenvalue weighted by Gasteiger charge is 2.41. The predicted molar refractivity (Wildman–Crippen MR) is 160 cm³/mol. The molecule has 0 saturated heterocycles. The van der Waals surface area contributed by atoms with Crippen LogP contribution in [0.1, 0.15) is 42.5 Å². The molecule has 6 nitrogen and oxygen atoms in total. The second-order valence-electron chi connectivity index (χ2n) is 11.9. The van der Waals surface area contributed by atoms with E-state index in [-0.39, 0.29) is 22.2 Å². The third-order valence-corrected chi connectivity index (χ3v) is 11.2. The molecule has 6 rings (SSSR count). The number of aliphatic hydroxyl groups is 1. The summed E-state index contributed by atoms with van der Waals surface area (Å²) in [6.07, 6.45) is 3.56. The Morgan fingerprint density at radius 3 is 2.41 bits per heavy atom. The maximum absolute atomic E-state index is 14.1. The Kier molecular flexibility index (Phi) is 7.53. The Balaban J connectivity index is 1.20. The van der Waals surface area contributed by atoms with Gasteiger partial charge in [0, 0.05) is 42.7 Å². The van der Waals surface area contributed by atoms with E-state index in [2.05, 4.69) is 23.9 Å². The molecule has 2 heterocycles. The summed E-state index contributed by atoms with van der Waals surface area (Å²) in [6, 6.07) is 23.3. The van der Waals surface area contributed by atoms with E-state index in [9.17, 15) is 17.9 Å². The first-order chi connectivity index (χ1) is 19.7. The topological polar surface area (TPSA) is 65.8 Å². The van der Waals surface area contributed by atoms with Crippen LogP contribution in [-0.2, 0) is 28.5 Å².